The number of oxazole rings is 1. The molecule has 1 N–H and O–H groups in total. The first-order valence-corrected chi connectivity index (χ1v) is 4.88. The van der Waals surface area contributed by atoms with Crippen LogP contribution in [-0.4, -0.2) is 16.1 Å². The molecule has 82 valence electrons. The SMILES string of the molecule is Cc1ocnc1-c1ccc(CC(=O)O)cc1. The van der Waals surface area contributed by atoms with E-state index in [-0.39, 0.29) is 6.42 Å². The molecule has 0 unspecified atom stereocenters. The molecule has 1 heterocycles. The Kier molecular flexibility index (Phi) is 2.72. The molecule has 0 saturated carbocycles. The number of rotatable bonds is 3. The van der Waals surface area contributed by atoms with Crippen molar-refractivity contribution in [2.45, 2.75) is 13.3 Å². The molecular weight excluding hydrogens is 206 g/mol. The van der Waals surface area contributed by atoms with Crippen LogP contribution < -0.4 is 0 Å². The second kappa shape index (κ2) is 4.18. The predicted octanol–water partition coefficient (Wildman–Crippen LogP) is 2.28. The van der Waals surface area contributed by atoms with Crippen molar-refractivity contribution in [2.75, 3.05) is 0 Å². The Morgan fingerprint density at radius 1 is 1.38 bits per heavy atom. The van der Waals surface area contributed by atoms with Crippen LogP contribution in [0.5, 0.6) is 0 Å². The van der Waals surface area contributed by atoms with E-state index in [1.54, 1.807) is 12.1 Å². The molecule has 0 bridgehead atoms. The highest BCUT2D eigenvalue weighted by molar-refractivity contribution is 5.71. The highest BCUT2D eigenvalue weighted by Gasteiger charge is 2.06. The van der Waals surface area contributed by atoms with Crippen LogP contribution in [0.15, 0.2) is 35.1 Å². The quantitative estimate of drug-likeness (QED) is 0.856. The molecule has 0 fully saturated rings. The van der Waals surface area contributed by atoms with Gasteiger partial charge >= 0.3 is 5.97 Å². The van der Waals surface area contributed by atoms with Crippen molar-refractivity contribution < 1.29 is 14.3 Å². The number of nitrogens with zero attached hydrogens (tertiary/aromatic N) is 1. The maximum Gasteiger partial charge on any atom is 0.307 e. The van der Waals surface area contributed by atoms with E-state index < -0.39 is 5.97 Å². The average Bonchev–Trinajstić information content (AvgIpc) is 2.65. The highest BCUT2D eigenvalue weighted by atomic mass is 16.4. The van der Waals surface area contributed by atoms with Crippen LogP contribution in [0.2, 0.25) is 0 Å². The molecule has 0 spiro atoms. The normalized spacial score (nSPS) is 10.3. The molecule has 0 aliphatic heterocycles. The van der Waals surface area contributed by atoms with Gasteiger partial charge < -0.3 is 9.52 Å². The Hall–Kier alpha value is -2.10. The number of carboxylic acids is 1. The van der Waals surface area contributed by atoms with Crippen LogP contribution >= 0.6 is 0 Å². The molecule has 0 amide bonds. The summed E-state index contributed by atoms with van der Waals surface area (Å²) in [4.78, 5) is 14.6. The number of carbonyl (C=O) groups is 1. The predicted molar refractivity (Wildman–Crippen MR) is 58.0 cm³/mol. The molecule has 0 radical (unpaired) electrons. The van der Waals surface area contributed by atoms with Crippen molar-refractivity contribution in [1.29, 1.82) is 0 Å². The van der Waals surface area contributed by atoms with Crippen LogP contribution in [0, 0.1) is 6.92 Å². The number of benzene rings is 1. The minimum Gasteiger partial charge on any atom is -0.481 e. The molecule has 0 saturated heterocycles. The van der Waals surface area contributed by atoms with E-state index in [1.165, 1.54) is 6.39 Å². The number of carboxylic acid groups (broad SMARTS) is 1. The first kappa shape index (κ1) is 10.4. The third-order valence-electron chi connectivity index (χ3n) is 2.33. The summed E-state index contributed by atoms with van der Waals surface area (Å²) in [5.74, 6) is -0.0728. The van der Waals surface area contributed by atoms with Gasteiger partial charge in [-0.25, -0.2) is 4.98 Å². The number of aliphatic carboxylic acids is 1. The van der Waals surface area contributed by atoms with Gasteiger partial charge in [-0.15, -0.1) is 0 Å². The number of hydrogen-bond acceptors (Lipinski definition) is 3. The lowest BCUT2D eigenvalue weighted by Crippen LogP contribution is -1.99. The van der Waals surface area contributed by atoms with Crippen LogP contribution in [0.1, 0.15) is 11.3 Å². The zero-order valence-corrected chi connectivity index (χ0v) is 8.80. The van der Waals surface area contributed by atoms with Gasteiger partial charge in [0, 0.05) is 5.56 Å². The number of aromatic nitrogens is 1. The second-order valence-corrected chi connectivity index (χ2v) is 3.52. The van der Waals surface area contributed by atoms with Crippen molar-refractivity contribution in [2.24, 2.45) is 0 Å². The van der Waals surface area contributed by atoms with E-state index in [4.69, 9.17) is 9.52 Å². The van der Waals surface area contributed by atoms with Crippen molar-refractivity contribution >= 4 is 5.97 Å². The van der Waals surface area contributed by atoms with Crippen LogP contribution in [0.25, 0.3) is 11.3 Å². The lowest BCUT2D eigenvalue weighted by atomic mass is 10.1. The van der Waals surface area contributed by atoms with Gasteiger partial charge in [0.1, 0.15) is 11.5 Å². The van der Waals surface area contributed by atoms with E-state index in [0.29, 0.717) is 0 Å². The molecule has 16 heavy (non-hydrogen) atoms. The molecule has 2 aromatic rings. The van der Waals surface area contributed by atoms with E-state index in [9.17, 15) is 4.79 Å². The first-order valence-electron chi connectivity index (χ1n) is 4.88. The molecule has 0 aliphatic carbocycles. The van der Waals surface area contributed by atoms with Crippen LogP contribution in [0.3, 0.4) is 0 Å². The average molecular weight is 217 g/mol. The maximum atomic E-state index is 10.5. The summed E-state index contributed by atoms with van der Waals surface area (Å²) in [5, 5.41) is 8.64. The van der Waals surface area contributed by atoms with Crippen molar-refractivity contribution in [3.05, 3.63) is 42.0 Å². The van der Waals surface area contributed by atoms with E-state index in [0.717, 1.165) is 22.6 Å². The van der Waals surface area contributed by atoms with Crippen molar-refractivity contribution in [3.63, 3.8) is 0 Å². The summed E-state index contributed by atoms with van der Waals surface area (Å²) in [7, 11) is 0. The summed E-state index contributed by atoms with van der Waals surface area (Å²) < 4.78 is 5.11. The Morgan fingerprint density at radius 2 is 2.06 bits per heavy atom. The highest BCUT2D eigenvalue weighted by Crippen LogP contribution is 2.21. The lowest BCUT2D eigenvalue weighted by Gasteiger charge is -2.00. The fourth-order valence-corrected chi connectivity index (χ4v) is 1.54. The topological polar surface area (TPSA) is 63.3 Å². The van der Waals surface area contributed by atoms with Gasteiger partial charge in [0.15, 0.2) is 6.39 Å². The second-order valence-electron chi connectivity index (χ2n) is 3.52. The summed E-state index contributed by atoms with van der Waals surface area (Å²) in [5.41, 5.74) is 2.50. The first-order chi connectivity index (χ1) is 7.66. The van der Waals surface area contributed by atoms with Gasteiger partial charge in [-0.05, 0) is 12.5 Å². The summed E-state index contributed by atoms with van der Waals surface area (Å²) in [6.45, 7) is 1.84. The van der Waals surface area contributed by atoms with Crippen LogP contribution in [0.4, 0.5) is 0 Å². The zero-order valence-electron chi connectivity index (χ0n) is 8.80. The fourth-order valence-electron chi connectivity index (χ4n) is 1.54. The minimum absolute atomic E-state index is 0.0398. The lowest BCUT2D eigenvalue weighted by molar-refractivity contribution is -0.136. The fraction of sp³-hybridized carbons (Fsp3) is 0.167. The molecule has 1 aromatic carbocycles. The van der Waals surface area contributed by atoms with Gasteiger partial charge in [0.05, 0.1) is 6.42 Å². The Morgan fingerprint density at radius 3 is 2.56 bits per heavy atom. The minimum atomic E-state index is -0.828. The molecule has 4 nitrogen and oxygen atoms in total. The molecule has 4 heteroatoms. The Labute approximate surface area is 92.6 Å². The van der Waals surface area contributed by atoms with Crippen molar-refractivity contribution in [3.8, 4) is 11.3 Å². The van der Waals surface area contributed by atoms with Gasteiger partial charge in [0.2, 0.25) is 0 Å². The number of hydrogen-bond donors (Lipinski definition) is 1. The van der Waals surface area contributed by atoms with E-state index in [1.807, 2.05) is 19.1 Å². The molecule has 1 aromatic heterocycles. The monoisotopic (exact) mass is 217 g/mol. The standard InChI is InChI=1S/C12H11NO3/c1-8-12(13-7-16-8)10-4-2-9(3-5-10)6-11(14)15/h2-5,7H,6H2,1H3,(H,14,15). The zero-order chi connectivity index (χ0) is 11.5. The molecule has 2 rings (SSSR count). The smallest absolute Gasteiger partial charge is 0.307 e. The van der Waals surface area contributed by atoms with Gasteiger partial charge in [0.25, 0.3) is 0 Å². The van der Waals surface area contributed by atoms with Crippen molar-refractivity contribution in [1.82, 2.24) is 4.98 Å². The van der Waals surface area contributed by atoms with Gasteiger partial charge in [-0.1, -0.05) is 24.3 Å². The van der Waals surface area contributed by atoms with Gasteiger partial charge in [-0.3, -0.25) is 4.79 Å². The van der Waals surface area contributed by atoms with Crippen LogP contribution in [-0.2, 0) is 11.2 Å². The summed E-state index contributed by atoms with van der Waals surface area (Å²) in [6, 6.07) is 7.28. The third kappa shape index (κ3) is 2.11. The summed E-state index contributed by atoms with van der Waals surface area (Å²) >= 11 is 0. The molecular formula is C12H11NO3. The van der Waals surface area contributed by atoms with E-state index in [2.05, 4.69) is 4.98 Å². The summed E-state index contributed by atoms with van der Waals surface area (Å²) in [6.07, 6.45) is 1.44. The number of aryl methyl sites for hydroxylation is 1. The van der Waals surface area contributed by atoms with Gasteiger partial charge in [-0.2, -0.15) is 0 Å². The van der Waals surface area contributed by atoms with E-state index >= 15 is 0 Å². The molecule has 0 aliphatic rings. The third-order valence-corrected chi connectivity index (χ3v) is 2.33. The maximum absolute atomic E-state index is 10.5. The largest absolute Gasteiger partial charge is 0.481 e. The molecule has 0 atom stereocenters. The Balaban J connectivity index is 2.26. The Bertz CT molecular complexity index is 499.